The van der Waals surface area contributed by atoms with Crippen LogP contribution < -0.4 is 16.4 Å². The van der Waals surface area contributed by atoms with E-state index in [0.717, 1.165) is 0 Å². The number of likely N-dealkylation sites (tertiary alicyclic amines) is 1. The molecule has 0 saturated carbocycles. The minimum atomic E-state index is -4.25. The molecule has 3 atom stereocenters. The molecule has 43 heavy (non-hydrogen) atoms. The molecule has 1 aromatic carbocycles. The first-order valence-corrected chi connectivity index (χ1v) is 14.3. The van der Waals surface area contributed by atoms with Crippen LogP contribution in [0.1, 0.15) is 52.7 Å². The van der Waals surface area contributed by atoms with Crippen LogP contribution in [-0.2, 0) is 6.42 Å². The molecule has 0 bridgehead atoms. The lowest BCUT2D eigenvalue weighted by molar-refractivity contribution is -0.183. The number of hydrogen-bond donors (Lipinski definition) is 5. The van der Waals surface area contributed by atoms with E-state index in [2.05, 4.69) is 19.7 Å². The van der Waals surface area contributed by atoms with Gasteiger partial charge in [0.1, 0.15) is 11.5 Å². The molecule has 1 aromatic rings. The summed E-state index contributed by atoms with van der Waals surface area (Å²) in [7, 11) is 3.63. The van der Waals surface area contributed by atoms with Crippen molar-refractivity contribution in [1.82, 2.24) is 4.90 Å². The number of Topliss-reactive ketones (excluding diaryl/α,β-unsaturated/α-hetero) is 1. The number of piperidine rings is 1. The van der Waals surface area contributed by atoms with Crippen molar-refractivity contribution in [3.05, 3.63) is 82.0 Å². The second-order valence-corrected chi connectivity index (χ2v) is 12.6. The van der Waals surface area contributed by atoms with Crippen LogP contribution >= 0.6 is 0 Å². The molecule has 1 aliphatic heterocycles. The Morgan fingerprint density at radius 2 is 1.79 bits per heavy atom. The number of fused-ring (bicyclic) bond motifs is 3. The quantitative estimate of drug-likeness (QED) is 0.340. The maximum Gasteiger partial charge on any atom is 0.391 e. The summed E-state index contributed by atoms with van der Waals surface area (Å²) in [6.45, 7) is 13.9. The number of ketones is 1. The molecule has 4 aliphatic rings. The Bertz CT molecular complexity index is 1530. The van der Waals surface area contributed by atoms with E-state index < -0.39 is 40.7 Å². The van der Waals surface area contributed by atoms with Gasteiger partial charge in [0.05, 0.1) is 17.0 Å². The van der Waals surface area contributed by atoms with Crippen LogP contribution in [-0.4, -0.2) is 70.5 Å². The molecule has 7 N–H and O–H groups in total. The van der Waals surface area contributed by atoms with Crippen molar-refractivity contribution in [2.75, 3.05) is 32.1 Å². The lowest BCUT2D eigenvalue weighted by atomic mass is 9.56. The second kappa shape index (κ2) is 9.92. The highest BCUT2D eigenvalue weighted by molar-refractivity contribution is 6.15. The Hall–Kier alpha value is -3.70. The van der Waals surface area contributed by atoms with Crippen molar-refractivity contribution in [3.63, 3.8) is 0 Å². The Balaban J connectivity index is 1.62. The van der Waals surface area contributed by atoms with Crippen LogP contribution in [0.15, 0.2) is 59.7 Å². The Morgan fingerprint density at radius 3 is 2.33 bits per heavy atom. The van der Waals surface area contributed by atoms with Gasteiger partial charge in [-0.25, -0.2) is 0 Å². The van der Waals surface area contributed by atoms with Gasteiger partial charge in [-0.1, -0.05) is 19.7 Å². The van der Waals surface area contributed by atoms with Crippen molar-refractivity contribution in [1.29, 1.82) is 0 Å². The van der Waals surface area contributed by atoms with Crippen molar-refractivity contribution in [3.8, 4) is 0 Å². The predicted molar refractivity (Wildman–Crippen MR) is 159 cm³/mol. The van der Waals surface area contributed by atoms with E-state index in [9.17, 15) is 33.3 Å². The highest BCUT2D eigenvalue weighted by Gasteiger charge is 2.60. The molecule has 0 spiro atoms. The summed E-state index contributed by atoms with van der Waals surface area (Å²) in [6.07, 6.45) is -4.17. The third-order valence-electron chi connectivity index (χ3n) is 9.86. The zero-order valence-electron chi connectivity index (χ0n) is 24.7. The van der Waals surface area contributed by atoms with E-state index >= 15 is 0 Å². The molecule has 0 unspecified atom stereocenters. The highest BCUT2D eigenvalue weighted by atomic mass is 19.4. The number of aliphatic hydroxyl groups is 3. The van der Waals surface area contributed by atoms with Crippen LogP contribution in [0.2, 0.25) is 0 Å². The first-order chi connectivity index (χ1) is 19.8. The van der Waals surface area contributed by atoms with Gasteiger partial charge in [-0.15, -0.1) is 0 Å². The molecule has 8 nitrogen and oxygen atoms in total. The van der Waals surface area contributed by atoms with Gasteiger partial charge in [0.15, 0.2) is 11.4 Å². The van der Waals surface area contributed by atoms with Crippen LogP contribution in [0.5, 0.6) is 0 Å². The van der Waals surface area contributed by atoms with E-state index in [1.54, 1.807) is 6.92 Å². The molecule has 1 fully saturated rings. The number of allylic oxidation sites excluding steroid dienone is 2. The smallest absolute Gasteiger partial charge is 0.391 e. The van der Waals surface area contributed by atoms with Gasteiger partial charge in [-0.3, -0.25) is 4.79 Å². The minimum absolute atomic E-state index is 0.0361. The third-order valence-corrected chi connectivity index (χ3v) is 9.86. The Kier molecular flexibility index (Phi) is 7.09. The van der Waals surface area contributed by atoms with Crippen LogP contribution in [0.25, 0.3) is 5.70 Å². The topological polar surface area (TPSA) is 136 Å². The summed E-state index contributed by atoms with van der Waals surface area (Å²) >= 11 is 0. The first kappa shape index (κ1) is 30.7. The number of anilines is 1. The average molecular weight is 601 g/mol. The van der Waals surface area contributed by atoms with E-state index in [0.29, 0.717) is 33.6 Å². The number of benzene rings is 1. The summed E-state index contributed by atoms with van der Waals surface area (Å²) in [4.78, 5) is 18.1. The predicted octanol–water partition coefficient (Wildman–Crippen LogP) is 4.55. The molecule has 3 aliphatic carbocycles. The summed E-state index contributed by atoms with van der Waals surface area (Å²) < 4.78 is 39.9. The molecule has 0 amide bonds. The van der Waals surface area contributed by atoms with E-state index in [1.165, 1.54) is 0 Å². The molecule has 232 valence electrons. The lowest BCUT2D eigenvalue weighted by Gasteiger charge is -2.52. The fraction of sp³-hybridized carbons (Fsp3) is 0.469. The molecule has 1 heterocycles. The minimum Gasteiger partial charge on any atom is -0.512 e. The third kappa shape index (κ3) is 4.47. The second-order valence-electron chi connectivity index (χ2n) is 12.6. The number of halogens is 3. The number of nitrogens with two attached hydrogens (primary N) is 2. The van der Waals surface area contributed by atoms with Crippen LogP contribution in [0.4, 0.5) is 18.9 Å². The van der Waals surface area contributed by atoms with Gasteiger partial charge in [-0.2, -0.15) is 13.2 Å². The van der Waals surface area contributed by atoms with E-state index in [4.69, 9.17) is 11.5 Å². The normalized spacial score (nSPS) is 28.0. The molecular weight excluding hydrogens is 561 g/mol. The molecule has 5 rings (SSSR count). The molecule has 1 saturated heterocycles. The van der Waals surface area contributed by atoms with Gasteiger partial charge < -0.3 is 36.6 Å². The SMILES string of the molecule is C=C(N)C1=C(O)C[C@@H]2C[C@]3(N)Cc4c(N(C)C)cc(C(=C)N5CCC(C(F)(F)F)CC5)c(C)c4C(=O)C3=C(O)[C@]2(O)C1=C. The Labute approximate surface area is 249 Å². The number of alkyl halides is 3. The maximum absolute atomic E-state index is 14.4. The summed E-state index contributed by atoms with van der Waals surface area (Å²) in [6, 6.07) is 1.88. The van der Waals surface area contributed by atoms with E-state index in [-0.39, 0.29) is 73.4 Å². The molecule has 0 aromatic heterocycles. The maximum atomic E-state index is 14.4. The number of hydrogen-bond acceptors (Lipinski definition) is 8. The Morgan fingerprint density at radius 1 is 1.19 bits per heavy atom. The van der Waals surface area contributed by atoms with Gasteiger partial charge in [0.25, 0.3) is 0 Å². The van der Waals surface area contributed by atoms with Gasteiger partial charge in [0, 0.05) is 73.3 Å². The summed E-state index contributed by atoms with van der Waals surface area (Å²) in [5.41, 5.74) is 12.5. The number of carbonyl (C=O) groups is 1. The fourth-order valence-electron chi connectivity index (χ4n) is 7.59. The van der Waals surface area contributed by atoms with E-state index in [1.807, 2.05) is 30.0 Å². The van der Waals surface area contributed by atoms with Crippen molar-refractivity contribution >= 4 is 17.2 Å². The number of aliphatic hydroxyl groups excluding tert-OH is 2. The number of rotatable bonds is 4. The summed E-state index contributed by atoms with van der Waals surface area (Å²) in [5, 5.41) is 34.3. The average Bonchev–Trinajstić information content (AvgIpc) is 2.89. The fourth-order valence-corrected chi connectivity index (χ4v) is 7.59. The van der Waals surface area contributed by atoms with Gasteiger partial charge >= 0.3 is 6.18 Å². The largest absolute Gasteiger partial charge is 0.512 e. The van der Waals surface area contributed by atoms with Crippen LogP contribution in [0, 0.1) is 18.8 Å². The monoisotopic (exact) mass is 600 g/mol. The van der Waals surface area contributed by atoms with Gasteiger partial charge in [-0.05, 0) is 55.4 Å². The standard InChI is InChI=1S/C32H39F3N4O4/c1-15-21(18(4)39-9-7-19(8-10-39)32(33,34)35)12-23(38(5)6)22-14-30(37)13-20-11-24(40)26(17(3)36)16(2)31(20,43)29(42)27(30)28(41)25(15)22/h12,19-20,40,42-43H,2-4,7-11,13-14,36-37H2,1,5-6H3/t20-,30+,31+/m1/s1. The first-order valence-electron chi connectivity index (χ1n) is 14.3. The lowest BCUT2D eigenvalue weighted by Crippen LogP contribution is -2.61. The molecular formula is C32H39F3N4O4. The molecule has 0 radical (unpaired) electrons. The summed E-state index contributed by atoms with van der Waals surface area (Å²) in [5.74, 6) is -3.45. The van der Waals surface area contributed by atoms with Gasteiger partial charge in [0.2, 0.25) is 0 Å². The van der Waals surface area contributed by atoms with Crippen molar-refractivity contribution in [2.45, 2.75) is 56.3 Å². The van der Waals surface area contributed by atoms with Crippen molar-refractivity contribution in [2.24, 2.45) is 23.3 Å². The molecule has 11 heteroatoms. The number of carbonyl (C=O) groups excluding carboxylic acids is 1. The zero-order chi connectivity index (χ0) is 32.0. The highest BCUT2D eigenvalue weighted by Crippen LogP contribution is 2.56. The van der Waals surface area contributed by atoms with Crippen molar-refractivity contribution < 1.29 is 33.3 Å². The van der Waals surface area contributed by atoms with Crippen LogP contribution in [0.3, 0.4) is 0 Å². The zero-order valence-corrected chi connectivity index (χ0v) is 24.7. The number of nitrogens with zero attached hydrogens (tertiary/aromatic N) is 2.